The molecular formula is C12H15BrF3N. The van der Waals surface area contributed by atoms with Crippen molar-refractivity contribution in [2.45, 2.75) is 26.6 Å². The van der Waals surface area contributed by atoms with Crippen LogP contribution in [0.2, 0.25) is 0 Å². The number of halogens is 4. The number of rotatable bonds is 4. The Hall–Kier alpha value is -0.550. The van der Waals surface area contributed by atoms with Gasteiger partial charge in [0.25, 0.3) is 0 Å². The molecule has 0 radical (unpaired) electrons. The van der Waals surface area contributed by atoms with Crippen LogP contribution < -0.4 is 0 Å². The van der Waals surface area contributed by atoms with Gasteiger partial charge in [-0.25, -0.2) is 0 Å². The van der Waals surface area contributed by atoms with Gasteiger partial charge in [0.05, 0.1) is 5.56 Å². The molecule has 1 rings (SSSR count). The van der Waals surface area contributed by atoms with Gasteiger partial charge < -0.3 is 0 Å². The van der Waals surface area contributed by atoms with Gasteiger partial charge in [-0.2, -0.15) is 13.2 Å². The van der Waals surface area contributed by atoms with Gasteiger partial charge in [0.15, 0.2) is 0 Å². The summed E-state index contributed by atoms with van der Waals surface area (Å²) in [4.78, 5) is 2.07. The smallest absolute Gasteiger partial charge is 0.300 e. The van der Waals surface area contributed by atoms with Crippen molar-refractivity contribution >= 4 is 15.9 Å². The second-order valence-corrected chi connectivity index (χ2v) is 4.62. The van der Waals surface area contributed by atoms with Crippen molar-refractivity contribution in [3.05, 3.63) is 33.8 Å². The van der Waals surface area contributed by atoms with Crippen LogP contribution in [0.3, 0.4) is 0 Å². The molecule has 0 heterocycles. The summed E-state index contributed by atoms with van der Waals surface area (Å²) in [5.41, 5.74) is 0.0754. The lowest BCUT2D eigenvalue weighted by molar-refractivity contribution is -0.137. The van der Waals surface area contributed by atoms with Crippen LogP contribution in [0.1, 0.15) is 25.0 Å². The molecule has 0 aliphatic heterocycles. The lowest BCUT2D eigenvalue weighted by atomic mass is 10.1. The molecule has 0 atom stereocenters. The molecule has 0 spiro atoms. The average Bonchev–Trinajstić information content (AvgIpc) is 2.26. The van der Waals surface area contributed by atoms with E-state index in [1.54, 1.807) is 0 Å². The molecule has 0 aliphatic rings. The third kappa shape index (κ3) is 4.00. The van der Waals surface area contributed by atoms with Gasteiger partial charge in [0, 0.05) is 11.0 Å². The molecule has 0 amide bonds. The molecule has 5 heteroatoms. The Bertz CT molecular complexity index is 373. The molecular weight excluding hydrogens is 295 g/mol. The van der Waals surface area contributed by atoms with E-state index in [9.17, 15) is 13.2 Å². The first-order valence-corrected chi connectivity index (χ1v) is 6.25. The molecule has 0 saturated heterocycles. The first kappa shape index (κ1) is 14.5. The Labute approximate surface area is 108 Å². The number of hydrogen-bond donors (Lipinski definition) is 0. The summed E-state index contributed by atoms with van der Waals surface area (Å²) in [6.45, 7) is 6.14. The minimum Gasteiger partial charge on any atom is -0.300 e. The Morgan fingerprint density at radius 3 is 2.24 bits per heavy atom. The Morgan fingerprint density at radius 2 is 1.76 bits per heavy atom. The first-order valence-electron chi connectivity index (χ1n) is 5.46. The van der Waals surface area contributed by atoms with Crippen LogP contribution in [0.15, 0.2) is 22.7 Å². The van der Waals surface area contributed by atoms with Crippen LogP contribution in [0, 0.1) is 0 Å². The summed E-state index contributed by atoms with van der Waals surface area (Å²) in [7, 11) is 0. The molecule has 96 valence electrons. The van der Waals surface area contributed by atoms with Crippen molar-refractivity contribution in [1.29, 1.82) is 0 Å². The highest BCUT2D eigenvalue weighted by Gasteiger charge is 2.30. The number of nitrogens with zero attached hydrogens (tertiary/aromatic N) is 1. The molecule has 0 fully saturated rings. The average molecular weight is 310 g/mol. The zero-order valence-corrected chi connectivity index (χ0v) is 11.4. The quantitative estimate of drug-likeness (QED) is 0.801. The van der Waals surface area contributed by atoms with Gasteiger partial charge in [0.1, 0.15) is 0 Å². The van der Waals surface area contributed by atoms with Crippen LogP contribution in [-0.4, -0.2) is 18.0 Å². The van der Waals surface area contributed by atoms with Crippen molar-refractivity contribution in [2.75, 3.05) is 13.1 Å². The maximum atomic E-state index is 12.6. The van der Waals surface area contributed by atoms with Gasteiger partial charge in [-0.05, 0) is 36.9 Å². The standard InChI is InChI=1S/C12H15BrF3N/c1-3-17(4-2)8-9-7-10(12(14,15)16)5-6-11(9)13/h5-7H,3-4,8H2,1-2H3. The number of alkyl halides is 3. The first-order chi connectivity index (χ1) is 7.88. The normalized spacial score (nSPS) is 12.2. The summed E-state index contributed by atoms with van der Waals surface area (Å²) in [6.07, 6.45) is -4.28. The van der Waals surface area contributed by atoms with E-state index in [0.29, 0.717) is 12.1 Å². The van der Waals surface area contributed by atoms with Crippen LogP contribution in [0.5, 0.6) is 0 Å². The highest BCUT2D eigenvalue weighted by atomic mass is 79.9. The van der Waals surface area contributed by atoms with Crippen LogP contribution >= 0.6 is 15.9 Å². The third-order valence-corrected chi connectivity index (χ3v) is 3.44. The van der Waals surface area contributed by atoms with E-state index >= 15 is 0 Å². The molecule has 0 aliphatic carbocycles. The van der Waals surface area contributed by atoms with E-state index in [2.05, 4.69) is 20.8 Å². The summed E-state index contributed by atoms with van der Waals surface area (Å²) in [5, 5.41) is 0. The van der Waals surface area contributed by atoms with Crippen molar-refractivity contribution in [2.24, 2.45) is 0 Å². The fraction of sp³-hybridized carbons (Fsp3) is 0.500. The van der Waals surface area contributed by atoms with Gasteiger partial charge >= 0.3 is 6.18 Å². The predicted octanol–water partition coefficient (Wildman–Crippen LogP) is 4.31. The lowest BCUT2D eigenvalue weighted by Gasteiger charge is -2.19. The largest absolute Gasteiger partial charge is 0.416 e. The van der Waals surface area contributed by atoms with Crippen LogP contribution in [-0.2, 0) is 12.7 Å². The fourth-order valence-electron chi connectivity index (χ4n) is 1.56. The van der Waals surface area contributed by atoms with E-state index in [-0.39, 0.29) is 0 Å². The Morgan fingerprint density at radius 1 is 1.18 bits per heavy atom. The summed E-state index contributed by atoms with van der Waals surface area (Å²) >= 11 is 3.29. The van der Waals surface area contributed by atoms with Crippen molar-refractivity contribution in [3.8, 4) is 0 Å². The minimum absolute atomic E-state index is 0.525. The van der Waals surface area contributed by atoms with Crippen molar-refractivity contribution in [3.63, 3.8) is 0 Å². The van der Waals surface area contributed by atoms with Gasteiger partial charge in [-0.3, -0.25) is 4.90 Å². The Kier molecular flexibility index (Phi) is 5.01. The van der Waals surface area contributed by atoms with Crippen molar-refractivity contribution < 1.29 is 13.2 Å². The topological polar surface area (TPSA) is 3.24 Å². The van der Waals surface area contributed by atoms with Crippen molar-refractivity contribution in [1.82, 2.24) is 4.90 Å². The monoisotopic (exact) mass is 309 g/mol. The zero-order chi connectivity index (χ0) is 13.1. The van der Waals surface area contributed by atoms with Crippen LogP contribution in [0.4, 0.5) is 13.2 Å². The molecule has 1 nitrogen and oxygen atoms in total. The molecule has 1 aromatic carbocycles. The van der Waals surface area contributed by atoms with E-state index in [4.69, 9.17) is 0 Å². The molecule has 0 N–H and O–H groups in total. The molecule has 17 heavy (non-hydrogen) atoms. The fourth-order valence-corrected chi connectivity index (χ4v) is 1.93. The summed E-state index contributed by atoms with van der Waals surface area (Å²) in [5.74, 6) is 0. The maximum absolute atomic E-state index is 12.6. The molecule has 1 aromatic rings. The number of benzene rings is 1. The van der Waals surface area contributed by atoms with Gasteiger partial charge in [-0.15, -0.1) is 0 Å². The molecule has 0 bridgehead atoms. The molecule has 0 aromatic heterocycles. The zero-order valence-electron chi connectivity index (χ0n) is 9.81. The van der Waals surface area contributed by atoms with E-state index in [0.717, 1.165) is 23.6 Å². The summed E-state index contributed by atoms with van der Waals surface area (Å²) in [6, 6.07) is 3.76. The molecule has 0 saturated carbocycles. The SMILES string of the molecule is CCN(CC)Cc1cc(C(F)(F)F)ccc1Br. The van der Waals surface area contributed by atoms with E-state index in [1.807, 2.05) is 13.8 Å². The minimum atomic E-state index is -4.28. The summed E-state index contributed by atoms with van der Waals surface area (Å²) < 4.78 is 38.4. The van der Waals surface area contributed by atoms with E-state index in [1.165, 1.54) is 12.1 Å². The number of hydrogen-bond acceptors (Lipinski definition) is 1. The maximum Gasteiger partial charge on any atom is 0.416 e. The highest BCUT2D eigenvalue weighted by molar-refractivity contribution is 9.10. The second-order valence-electron chi connectivity index (χ2n) is 3.77. The lowest BCUT2D eigenvalue weighted by Crippen LogP contribution is -2.22. The van der Waals surface area contributed by atoms with Gasteiger partial charge in [-0.1, -0.05) is 29.8 Å². The predicted molar refractivity (Wildman–Crippen MR) is 65.8 cm³/mol. The third-order valence-electron chi connectivity index (χ3n) is 2.66. The van der Waals surface area contributed by atoms with Gasteiger partial charge in [0.2, 0.25) is 0 Å². The van der Waals surface area contributed by atoms with E-state index < -0.39 is 11.7 Å². The highest BCUT2D eigenvalue weighted by Crippen LogP contribution is 2.32. The van der Waals surface area contributed by atoms with Crippen LogP contribution in [0.25, 0.3) is 0 Å². The Balaban J connectivity index is 2.98. The second kappa shape index (κ2) is 5.87. The molecule has 0 unspecified atom stereocenters.